The van der Waals surface area contributed by atoms with Gasteiger partial charge in [-0.1, -0.05) is 12.1 Å². The van der Waals surface area contributed by atoms with Crippen LogP contribution >= 0.6 is 11.8 Å². The summed E-state index contributed by atoms with van der Waals surface area (Å²) in [5.74, 6) is -0.247. The van der Waals surface area contributed by atoms with Crippen molar-refractivity contribution in [2.75, 3.05) is 11.6 Å². The van der Waals surface area contributed by atoms with E-state index in [2.05, 4.69) is 5.32 Å². The van der Waals surface area contributed by atoms with Crippen molar-refractivity contribution in [1.29, 1.82) is 0 Å². The first kappa shape index (κ1) is 18.7. The van der Waals surface area contributed by atoms with Crippen molar-refractivity contribution in [2.24, 2.45) is 0 Å². The summed E-state index contributed by atoms with van der Waals surface area (Å²) in [5.41, 5.74) is 2.89. The van der Waals surface area contributed by atoms with Gasteiger partial charge in [-0.3, -0.25) is 14.9 Å². The minimum atomic E-state index is -0.504. The van der Waals surface area contributed by atoms with Crippen LogP contribution in [0.2, 0.25) is 0 Å². The van der Waals surface area contributed by atoms with Crippen LogP contribution in [0, 0.1) is 17.0 Å². The molecule has 0 aromatic heterocycles. The van der Waals surface area contributed by atoms with Gasteiger partial charge in [0.15, 0.2) is 5.78 Å². The number of hydrogen-bond acceptors (Lipinski definition) is 6. The SMILES string of the molecule is CS/C(=C\C(=O)c1ccc([N+](=O)[O-])cc1)Nc1cc(CO)ccc1C. The van der Waals surface area contributed by atoms with Gasteiger partial charge in [0.1, 0.15) is 0 Å². The highest BCUT2D eigenvalue weighted by Crippen LogP contribution is 2.23. The summed E-state index contributed by atoms with van der Waals surface area (Å²) in [4.78, 5) is 22.5. The van der Waals surface area contributed by atoms with E-state index in [4.69, 9.17) is 0 Å². The summed E-state index contributed by atoms with van der Waals surface area (Å²) in [6.45, 7) is 1.87. The number of carbonyl (C=O) groups is 1. The van der Waals surface area contributed by atoms with Crippen LogP contribution in [0.15, 0.2) is 53.6 Å². The normalized spacial score (nSPS) is 11.2. The molecule has 0 radical (unpaired) electrons. The number of non-ortho nitro benzene ring substituents is 1. The molecule has 2 rings (SSSR count). The molecule has 25 heavy (non-hydrogen) atoms. The number of aliphatic hydroxyl groups is 1. The molecule has 0 spiro atoms. The predicted octanol–water partition coefficient (Wildman–Crippen LogP) is 3.89. The van der Waals surface area contributed by atoms with E-state index in [1.165, 1.54) is 42.1 Å². The van der Waals surface area contributed by atoms with Gasteiger partial charge in [0, 0.05) is 29.5 Å². The molecule has 0 heterocycles. The molecule has 0 amide bonds. The third-order valence-corrected chi connectivity index (χ3v) is 4.25. The predicted molar refractivity (Wildman–Crippen MR) is 99.7 cm³/mol. The zero-order valence-corrected chi connectivity index (χ0v) is 14.7. The molecule has 7 heteroatoms. The van der Waals surface area contributed by atoms with Crippen molar-refractivity contribution >= 4 is 28.9 Å². The minimum absolute atomic E-state index is 0.0554. The highest BCUT2D eigenvalue weighted by atomic mass is 32.2. The van der Waals surface area contributed by atoms with E-state index >= 15 is 0 Å². The number of benzene rings is 2. The van der Waals surface area contributed by atoms with Crippen LogP contribution in [0.3, 0.4) is 0 Å². The summed E-state index contributed by atoms with van der Waals surface area (Å²) in [6.07, 6.45) is 3.30. The molecule has 0 aliphatic rings. The number of rotatable bonds is 7. The first-order valence-electron chi connectivity index (χ1n) is 7.46. The molecule has 130 valence electrons. The minimum Gasteiger partial charge on any atom is -0.392 e. The number of ketones is 1. The van der Waals surface area contributed by atoms with Crippen molar-refractivity contribution in [3.8, 4) is 0 Å². The van der Waals surface area contributed by atoms with Crippen LogP contribution < -0.4 is 5.32 Å². The lowest BCUT2D eigenvalue weighted by molar-refractivity contribution is -0.384. The Morgan fingerprint density at radius 3 is 2.52 bits per heavy atom. The van der Waals surface area contributed by atoms with Gasteiger partial charge in [-0.25, -0.2) is 0 Å². The molecule has 0 saturated heterocycles. The van der Waals surface area contributed by atoms with Crippen LogP contribution in [0.1, 0.15) is 21.5 Å². The van der Waals surface area contributed by atoms with Gasteiger partial charge in [-0.05, 0) is 42.5 Å². The Bertz CT molecular complexity index is 816. The maximum absolute atomic E-state index is 12.4. The molecule has 0 unspecified atom stereocenters. The number of aliphatic hydroxyl groups excluding tert-OH is 1. The fourth-order valence-corrected chi connectivity index (χ4v) is 2.57. The number of thioether (sulfide) groups is 1. The number of carbonyl (C=O) groups excluding carboxylic acids is 1. The fourth-order valence-electron chi connectivity index (χ4n) is 2.13. The summed E-state index contributed by atoms with van der Waals surface area (Å²) in [5, 5.41) is 23.7. The molecular formula is C18H18N2O4S. The second-order valence-corrected chi connectivity index (χ2v) is 6.16. The Morgan fingerprint density at radius 2 is 1.96 bits per heavy atom. The number of nitrogens with one attached hydrogen (secondary N) is 1. The Balaban J connectivity index is 2.21. The molecule has 0 saturated carbocycles. The molecule has 2 aromatic carbocycles. The standard InChI is InChI=1S/C18H18N2O4S/c1-12-3-4-13(11-21)9-16(12)19-18(25-2)10-17(22)14-5-7-15(8-6-14)20(23)24/h3-10,19,21H,11H2,1-2H3/b18-10-. The third-order valence-electron chi connectivity index (χ3n) is 3.59. The maximum Gasteiger partial charge on any atom is 0.269 e. The summed E-state index contributed by atoms with van der Waals surface area (Å²) in [7, 11) is 0. The van der Waals surface area contributed by atoms with E-state index in [-0.39, 0.29) is 18.1 Å². The topological polar surface area (TPSA) is 92.5 Å². The largest absolute Gasteiger partial charge is 0.392 e. The highest BCUT2D eigenvalue weighted by Gasteiger charge is 2.10. The summed E-state index contributed by atoms with van der Waals surface area (Å²) >= 11 is 1.38. The van der Waals surface area contributed by atoms with Gasteiger partial charge in [0.25, 0.3) is 5.69 Å². The molecular weight excluding hydrogens is 340 g/mol. The molecule has 2 aromatic rings. The van der Waals surface area contributed by atoms with Crippen molar-refractivity contribution in [1.82, 2.24) is 0 Å². The summed E-state index contributed by atoms with van der Waals surface area (Å²) < 4.78 is 0. The Morgan fingerprint density at radius 1 is 1.28 bits per heavy atom. The van der Waals surface area contributed by atoms with E-state index in [9.17, 15) is 20.0 Å². The molecule has 0 bridgehead atoms. The number of nitro benzene ring substituents is 1. The van der Waals surface area contributed by atoms with Gasteiger partial charge >= 0.3 is 0 Å². The quantitative estimate of drug-likeness (QED) is 0.337. The Labute approximate surface area is 149 Å². The monoisotopic (exact) mass is 358 g/mol. The van der Waals surface area contributed by atoms with Crippen molar-refractivity contribution in [3.05, 3.63) is 80.4 Å². The average molecular weight is 358 g/mol. The van der Waals surface area contributed by atoms with Crippen LogP contribution in [0.4, 0.5) is 11.4 Å². The van der Waals surface area contributed by atoms with Gasteiger partial charge < -0.3 is 10.4 Å². The Kier molecular flexibility index (Phi) is 6.32. The number of allylic oxidation sites excluding steroid dienone is 1. The molecule has 2 N–H and O–H groups in total. The zero-order valence-electron chi connectivity index (χ0n) is 13.9. The van der Waals surface area contributed by atoms with Gasteiger partial charge in [-0.2, -0.15) is 0 Å². The molecule has 6 nitrogen and oxygen atoms in total. The molecule has 0 fully saturated rings. The van der Waals surface area contributed by atoms with Crippen LogP contribution in [-0.4, -0.2) is 22.1 Å². The second-order valence-electron chi connectivity index (χ2n) is 5.31. The smallest absolute Gasteiger partial charge is 0.269 e. The van der Waals surface area contributed by atoms with Crippen LogP contribution in [-0.2, 0) is 6.61 Å². The number of nitrogens with zero attached hydrogens (tertiary/aromatic N) is 1. The summed E-state index contributed by atoms with van der Waals surface area (Å²) in [6, 6.07) is 11.0. The average Bonchev–Trinajstić information content (AvgIpc) is 2.62. The lowest BCUT2D eigenvalue weighted by atomic mass is 10.1. The van der Waals surface area contributed by atoms with E-state index in [0.717, 1.165) is 16.8 Å². The van der Waals surface area contributed by atoms with E-state index < -0.39 is 4.92 Å². The molecule has 0 aliphatic carbocycles. The number of nitro groups is 1. The lowest BCUT2D eigenvalue weighted by Gasteiger charge is -2.12. The van der Waals surface area contributed by atoms with Crippen LogP contribution in [0.25, 0.3) is 0 Å². The van der Waals surface area contributed by atoms with Gasteiger partial charge in [0.2, 0.25) is 0 Å². The van der Waals surface area contributed by atoms with E-state index in [0.29, 0.717) is 10.6 Å². The van der Waals surface area contributed by atoms with E-state index in [1.54, 1.807) is 0 Å². The second kappa shape index (κ2) is 8.46. The number of aryl methyl sites for hydroxylation is 1. The van der Waals surface area contributed by atoms with Crippen molar-refractivity contribution < 1.29 is 14.8 Å². The van der Waals surface area contributed by atoms with Gasteiger partial charge in [-0.15, -0.1) is 11.8 Å². The first-order valence-corrected chi connectivity index (χ1v) is 8.69. The zero-order chi connectivity index (χ0) is 18.4. The lowest BCUT2D eigenvalue weighted by Crippen LogP contribution is -2.03. The van der Waals surface area contributed by atoms with Crippen LogP contribution in [0.5, 0.6) is 0 Å². The Hall–Kier alpha value is -2.64. The van der Waals surface area contributed by atoms with Crippen molar-refractivity contribution in [2.45, 2.75) is 13.5 Å². The maximum atomic E-state index is 12.4. The number of hydrogen-bond donors (Lipinski definition) is 2. The first-order chi connectivity index (χ1) is 11.9. The third kappa shape index (κ3) is 4.91. The fraction of sp³-hybridized carbons (Fsp3) is 0.167. The molecule has 0 atom stereocenters. The number of anilines is 1. The van der Waals surface area contributed by atoms with E-state index in [1.807, 2.05) is 31.4 Å². The highest BCUT2D eigenvalue weighted by molar-refractivity contribution is 8.02. The molecule has 0 aliphatic heterocycles. The van der Waals surface area contributed by atoms with Gasteiger partial charge in [0.05, 0.1) is 16.6 Å². The van der Waals surface area contributed by atoms with Crippen molar-refractivity contribution in [3.63, 3.8) is 0 Å².